The summed E-state index contributed by atoms with van der Waals surface area (Å²) in [6.45, 7) is 0.718. The molecule has 7 nitrogen and oxygen atoms in total. The Bertz CT molecular complexity index is 1110. The minimum absolute atomic E-state index is 0.0173. The van der Waals surface area contributed by atoms with Crippen molar-refractivity contribution in [2.24, 2.45) is 0 Å². The van der Waals surface area contributed by atoms with Gasteiger partial charge < -0.3 is 10.2 Å². The Morgan fingerprint density at radius 1 is 0.933 bits per heavy atom. The van der Waals surface area contributed by atoms with Crippen molar-refractivity contribution >= 4 is 17.3 Å². The van der Waals surface area contributed by atoms with Crippen molar-refractivity contribution in [3.63, 3.8) is 0 Å². The van der Waals surface area contributed by atoms with Gasteiger partial charge in [0, 0.05) is 19.2 Å². The van der Waals surface area contributed by atoms with Gasteiger partial charge in [0.25, 0.3) is 0 Å². The summed E-state index contributed by atoms with van der Waals surface area (Å²) in [7, 11) is 2.00. The number of para-hydroxylation sites is 2. The molecule has 1 aromatic heterocycles. The van der Waals surface area contributed by atoms with Gasteiger partial charge in [-0.05, 0) is 22.9 Å². The number of benzene rings is 3. The highest BCUT2D eigenvalue weighted by atomic mass is 16.2. The highest BCUT2D eigenvalue weighted by Crippen LogP contribution is 2.26. The van der Waals surface area contributed by atoms with Crippen molar-refractivity contribution in [3.8, 4) is 11.4 Å². The Labute approximate surface area is 175 Å². The summed E-state index contributed by atoms with van der Waals surface area (Å²) in [5.41, 5.74) is 3.73. The van der Waals surface area contributed by atoms with Gasteiger partial charge in [-0.2, -0.15) is 4.80 Å². The molecule has 0 radical (unpaired) electrons. The lowest BCUT2D eigenvalue weighted by molar-refractivity contribution is -0.117. The minimum atomic E-state index is -0.215. The molecule has 0 aliphatic carbocycles. The van der Waals surface area contributed by atoms with E-state index in [1.165, 1.54) is 10.4 Å². The van der Waals surface area contributed by atoms with E-state index in [4.69, 9.17) is 0 Å². The first-order valence-electron chi connectivity index (χ1n) is 9.66. The minimum Gasteiger partial charge on any atom is -0.369 e. The Balaban J connectivity index is 1.43. The number of nitrogens with zero attached hydrogens (tertiary/aromatic N) is 5. The number of anilines is 2. The Morgan fingerprint density at radius 3 is 2.37 bits per heavy atom. The van der Waals surface area contributed by atoms with Crippen LogP contribution in [0.25, 0.3) is 11.4 Å². The first-order valence-corrected chi connectivity index (χ1v) is 9.66. The zero-order valence-electron chi connectivity index (χ0n) is 16.6. The van der Waals surface area contributed by atoms with Gasteiger partial charge in [0.05, 0.1) is 11.4 Å². The average molecular weight is 398 g/mol. The predicted molar refractivity (Wildman–Crippen MR) is 117 cm³/mol. The fraction of sp³-hybridized carbons (Fsp3) is 0.130. The van der Waals surface area contributed by atoms with Gasteiger partial charge in [0.2, 0.25) is 11.7 Å². The molecule has 150 valence electrons. The highest BCUT2D eigenvalue weighted by molar-refractivity contribution is 5.94. The van der Waals surface area contributed by atoms with E-state index in [0.717, 1.165) is 23.5 Å². The normalized spacial score (nSPS) is 10.6. The zero-order chi connectivity index (χ0) is 20.8. The molecule has 1 heterocycles. The molecule has 0 saturated heterocycles. The van der Waals surface area contributed by atoms with Crippen LogP contribution < -0.4 is 10.2 Å². The second-order valence-electron chi connectivity index (χ2n) is 6.92. The molecular formula is C23H22N6O. The first-order chi connectivity index (χ1) is 14.7. The summed E-state index contributed by atoms with van der Waals surface area (Å²) in [5, 5.41) is 15.3. The van der Waals surface area contributed by atoms with Gasteiger partial charge in [0.15, 0.2) is 0 Å². The summed E-state index contributed by atoms with van der Waals surface area (Å²) < 4.78 is 0. The third kappa shape index (κ3) is 4.70. The fourth-order valence-corrected chi connectivity index (χ4v) is 3.19. The Hall–Kier alpha value is -4.00. The molecule has 0 atom stereocenters. The topological polar surface area (TPSA) is 75.9 Å². The molecule has 3 aromatic carbocycles. The number of rotatable bonds is 7. The quantitative estimate of drug-likeness (QED) is 0.515. The number of aromatic nitrogens is 4. The number of carbonyl (C=O) groups excluding carboxylic acids is 1. The number of hydrogen-bond donors (Lipinski definition) is 1. The molecule has 0 unspecified atom stereocenters. The standard InChI is InChI=1S/C23H22N6O/c1-28(16-18-10-4-2-5-11-18)21-15-9-8-14-20(21)24-22(30)17-29-26-23(25-27-29)19-12-6-3-7-13-19/h2-15H,16-17H2,1H3,(H,24,30). The molecule has 0 saturated carbocycles. The van der Waals surface area contributed by atoms with Crippen LogP contribution in [0.5, 0.6) is 0 Å². The lowest BCUT2D eigenvalue weighted by Gasteiger charge is -2.22. The van der Waals surface area contributed by atoms with E-state index in [1.54, 1.807) is 0 Å². The van der Waals surface area contributed by atoms with Gasteiger partial charge >= 0.3 is 0 Å². The van der Waals surface area contributed by atoms with Crippen LogP contribution in [0.2, 0.25) is 0 Å². The van der Waals surface area contributed by atoms with E-state index in [2.05, 4.69) is 37.8 Å². The summed E-state index contributed by atoms with van der Waals surface area (Å²) in [5.74, 6) is 0.277. The van der Waals surface area contributed by atoms with Crippen molar-refractivity contribution < 1.29 is 4.79 Å². The van der Waals surface area contributed by atoms with E-state index in [0.29, 0.717) is 5.82 Å². The van der Waals surface area contributed by atoms with E-state index < -0.39 is 0 Å². The summed E-state index contributed by atoms with van der Waals surface area (Å²) in [4.78, 5) is 16.0. The van der Waals surface area contributed by atoms with Crippen molar-refractivity contribution in [1.82, 2.24) is 20.2 Å². The smallest absolute Gasteiger partial charge is 0.248 e. The molecule has 0 aliphatic rings. The van der Waals surface area contributed by atoms with Crippen molar-refractivity contribution in [3.05, 3.63) is 90.5 Å². The molecule has 0 bridgehead atoms. The van der Waals surface area contributed by atoms with Crippen LogP contribution in [0.4, 0.5) is 11.4 Å². The maximum Gasteiger partial charge on any atom is 0.248 e. The van der Waals surface area contributed by atoms with Crippen molar-refractivity contribution in [2.75, 3.05) is 17.3 Å². The fourth-order valence-electron chi connectivity index (χ4n) is 3.19. The maximum atomic E-state index is 12.6. The lowest BCUT2D eigenvalue weighted by Crippen LogP contribution is -2.23. The molecule has 7 heteroatoms. The van der Waals surface area contributed by atoms with E-state index in [9.17, 15) is 4.79 Å². The molecule has 4 rings (SSSR count). The molecule has 0 spiro atoms. The van der Waals surface area contributed by atoms with E-state index >= 15 is 0 Å². The van der Waals surface area contributed by atoms with Crippen LogP contribution in [0.15, 0.2) is 84.9 Å². The number of nitrogens with one attached hydrogen (secondary N) is 1. The van der Waals surface area contributed by atoms with Gasteiger partial charge in [-0.15, -0.1) is 10.2 Å². The zero-order valence-corrected chi connectivity index (χ0v) is 16.6. The molecule has 4 aromatic rings. The van der Waals surface area contributed by atoms with Gasteiger partial charge in [-0.3, -0.25) is 4.79 Å². The largest absolute Gasteiger partial charge is 0.369 e. The summed E-state index contributed by atoms with van der Waals surface area (Å²) in [6, 6.07) is 27.5. The Kier molecular flexibility index (Phi) is 5.80. The number of hydrogen-bond acceptors (Lipinski definition) is 5. The first kappa shape index (κ1) is 19.3. The maximum absolute atomic E-state index is 12.6. The lowest BCUT2D eigenvalue weighted by atomic mass is 10.2. The van der Waals surface area contributed by atoms with Crippen molar-refractivity contribution in [1.29, 1.82) is 0 Å². The number of carbonyl (C=O) groups is 1. The van der Waals surface area contributed by atoms with Crippen LogP contribution in [0, 0.1) is 0 Å². The van der Waals surface area contributed by atoms with Crippen molar-refractivity contribution in [2.45, 2.75) is 13.1 Å². The van der Waals surface area contributed by atoms with Crippen LogP contribution >= 0.6 is 0 Å². The molecular weight excluding hydrogens is 376 g/mol. The number of tetrazole rings is 1. The molecule has 30 heavy (non-hydrogen) atoms. The second kappa shape index (κ2) is 9.00. The highest BCUT2D eigenvalue weighted by Gasteiger charge is 2.13. The third-order valence-electron chi connectivity index (χ3n) is 4.62. The van der Waals surface area contributed by atoms with Crippen LogP contribution in [-0.2, 0) is 17.9 Å². The van der Waals surface area contributed by atoms with Gasteiger partial charge in [-0.25, -0.2) is 0 Å². The SMILES string of the molecule is CN(Cc1ccccc1)c1ccccc1NC(=O)Cn1nnc(-c2ccccc2)n1. The average Bonchev–Trinajstić information content (AvgIpc) is 3.24. The molecule has 1 N–H and O–H groups in total. The van der Waals surface area contributed by atoms with E-state index in [-0.39, 0.29) is 12.5 Å². The second-order valence-corrected chi connectivity index (χ2v) is 6.92. The summed E-state index contributed by atoms with van der Waals surface area (Å²) in [6.07, 6.45) is 0. The van der Waals surface area contributed by atoms with E-state index in [1.807, 2.05) is 79.8 Å². The predicted octanol–water partition coefficient (Wildman–Crippen LogP) is 3.62. The van der Waals surface area contributed by atoms with Crippen LogP contribution in [0.1, 0.15) is 5.56 Å². The van der Waals surface area contributed by atoms with Crippen LogP contribution in [0.3, 0.4) is 0 Å². The molecule has 1 amide bonds. The van der Waals surface area contributed by atoms with Gasteiger partial charge in [0.1, 0.15) is 6.54 Å². The Morgan fingerprint density at radius 2 is 1.60 bits per heavy atom. The monoisotopic (exact) mass is 398 g/mol. The van der Waals surface area contributed by atoms with Gasteiger partial charge in [-0.1, -0.05) is 72.8 Å². The molecule has 0 aliphatic heterocycles. The van der Waals surface area contributed by atoms with Crippen LogP contribution in [-0.4, -0.2) is 33.2 Å². The molecule has 0 fully saturated rings. The third-order valence-corrected chi connectivity index (χ3v) is 4.62. The number of amides is 1. The summed E-state index contributed by atoms with van der Waals surface area (Å²) >= 11 is 0.